The van der Waals surface area contributed by atoms with Gasteiger partial charge in [0.25, 0.3) is 11.7 Å². The van der Waals surface area contributed by atoms with Crippen molar-refractivity contribution in [2.75, 3.05) is 0 Å². The van der Waals surface area contributed by atoms with Crippen LogP contribution in [0.15, 0.2) is 52.9 Å². The lowest BCUT2D eigenvalue weighted by atomic mass is 10.1. The maximum Gasteiger partial charge on any atom is 0.412 e. The molecular weight excluding hydrogens is 314 g/mol. The fourth-order valence-electron chi connectivity index (χ4n) is 2.23. The summed E-state index contributed by atoms with van der Waals surface area (Å²) in [5.41, 5.74) is 2.87. The number of aromatic hydroxyl groups is 1. The zero-order valence-corrected chi connectivity index (χ0v) is 12.4. The van der Waals surface area contributed by atoms with Gasteiger partial charge in [-0.25, -0.2) is 4.98 Å². The molecule has 23 heavy (non-hydrogen) atoms. The van der Waals surface area contributed by atoms with Crippen LogP contribution in [-0.4, -0.2) is 26.1 Å². The summed E-state index contributed by atoms with van der Waals surface area (Å²) in [5, 5.41) is 16.0. The van der Waals surface area contributed by atoms with E-state index in [-0.39, 0.29) is 10.9 Å². The number of nitrogens with zero attached hydrogens (tertiary/aromatic N) is 3. The Morgan fingerprint density at radius 1 is 1.04 bits per heavy atom. The highest BCUT2D eigenvalue weighted by Gasteiger charge is 2.21. The summed E-state index contributed by atoms with van der Waals surface area (Å²) in [7, 11) is 0. The van der Waals surface area contributed by atoms with Crippen LogP contribution < -0.4 is 0 Å². The number of hydrogen-bond acceptors (Lipinski definition) is 7. The predicted octanol–water partition coefficient (Wildman–Crippen LogP) is 3.28. The third-order valence-corrected chi connectivity index (χ3v) is 4.32. The van der Waals surface area contributed by atoms with Crippen LogP contribution in [0.4, 0.5) is 0 Å². The van der Waals surface area contributed by atoms with E-state index in [2.05, 4.69) is 15.2 Å². The van der Waals surface area contributed by atoms with Crippen LogP contribution in [-0.2, 0) is 0 Å². The van der Waals surface area contributed by atoms with Gasteiger partial charge in [0, 0.05) is 0 Å². The van der Waals surface area contributed by atoms with Crippen molar-refractivity contribution in [3.8, 4) is 17.2 Å². The van der Waals surface area contributed by atoms with Crippen molar-refractivity contribution in [3.05, 3.63) is 59.4 Å². The Hall–Kier alpha value is -3.06. The molecule has 7 heteroatoms. The molecule has 0 radical (unpaired) electrons. The van der Waals surface area contributed by atoms with Gasteiger partial charge in [-0.05, 0) is 23.3 Å². The van der Waals surface area contributed by atoms with Crippen LogP contribution >= 0.6 is 11.3 Å². The Bertz CT molecular complexity index is 1010. The average molecular weight is 323 g/mol. The SMILES string of the molecule is O=C(c1nnc(O)o1)c1nc2ccc(-c3ccccc3)cc2s1. The maximum atomic E-state index is 12.2. The Kier molecular flexibility index (Phi) is 3.13. The summed E-state index contributed by atoms with van der Waals surface area (Å²) in [5.74, 6) is -0.773. The highest BCUT2D eigenvalue weighted by molar-refractivity contribution is 7.20. The summed E-state index contributed by atoms with van der Waals surface area (Å²) < 4.78 is 5.63. The second-order valence-corrected chi connectivity index (χ2v) is 5.82. The number of hydrogen-bond donors (Lipinski definition) is 1. The molecule has 1 N–H and O–H groups in total. The Labute approximate surface area is 134 Å². The van der Waals surface area contributed by atoms with Gasteiger partial charge in [-0.15, -0.1) is 16.4 Å². The van der Waals surface area contributed by atoms with Gasteiger partial charge in [-0.1, -0.05) is 41.5 Å². The van der Waals surface area contributed by atoms with Crippen molar-refractivity contribution in [2.24, 2.45) is 0 Å². The second kappa shape index (κ2) is 5.29. The van der Waals surface area contributed by atoms with Crippen LogP contribution in [0, 0.1) is 0 Å². The van der Waals surface area contributed by atoms with Gasteiger partial charge in [-0.3, -0.25) is 4.79 Å². The lowest BCUT2D eigenvalue weighted by Gasteiger charge is -2.00. The van der Waals surface area contributed by atoms with E-state index in [1.807, 2.05) is 48.5 Å². The normalized spacial score (nSPS) is 11.0. The van der Waals surface area contributed by atoms with E-state index in [0.29, 0.717) is 0 Å². The van der Waals surface area contributed by atoms with Crippen LogP contribution in [0.3, 0.4) is 0 Å². The lowest BCUT2D eigenvalue weighted by Crippen LogP contribution is -2.00. The summed E-state index contributed by atoms with van der Waals surface area (Å²) in [6.07, 6.45) is -0.638. The molecule has 0 atom stereocenters. The van der Waals surface area contributed by atoms with Crippen molar-refractivity contribution in [2.45, 2.75) is 0 Å². The number of thiazole rings is 1. The fourth-order valence-corrected chi connectivity index (χ4v) is 3.17. The first-order chi connectivity index (χ1) is 11.2. The summed E-state index contributed by atoms with van der Waals surface area (Å²) in [4.78, 5) is 16.5. The Morgan fingerprint density at radius 2 is 1.87 bits per heavy atom. The largest absolute Gasteiger partial charge is 0.465 e. The summed E-state index contributed by atoms with van der Waals surface area (Å²) in [6, 6.07) is 15.8. The zero-order valence-electron chi connectivity index (χ0n) is 11.6. The maximum absolute atomic E-state index is 12.2. The topological polar surface area (TPSA) is 89.1 Å². The van der Waals surface area contributed by atoms with Gasteiger partial charge >= 0.3 is 6.08 Å². The molecule has 0 fully saturated rings. The molecule has 2 aromatic carbocycles. The molecule has 2 heterocycles. The molecule has 0 aliphatic heterocycles. The van der Waals surface area contributed by atoms with Gasteiger partial charge in [0.05, 0.1) is 10.2 Å². The van der Waals surface area contributed by atoms with E-state index in [0.717, 1.165) is 21.3 Å². The summed E-state index contributed by atoms with van der Waals surface area (Å²) >= 11 is 1.25. The minimum atomic E-state index is -0.638. The zero-order chi connectivity index (χ0) is 15.8. The van der Waals surface area contributed by atoms with Crippen LogP contribution in [0.5, 0.6) is 6.08 Å². The van der Waals surface area contributed by atoms with E-state index in [4.69, 9.17) is 9.52 Å². The first kappa shape index (κ1) is 13.6. The molecule has 0 saturated heterocycles. The van der Waals surface area contributed by atoms with Crippen LogP contribution in [0.1, 0.15) is 15.7 Å². The molecule has 0 unspecified atom stereocenters. The Balaban J connectivity index is 1.75. The van der Waals surface area contributed by atoms with Crippen molar-refractivity contribution >= 4 is 27.3 Å². The Morgan fingerprint density at radius 3 is 2.61 bits per heavy atom. The minimum Gasteiger partial charge on any atom is -0.465 e. The smallest absolute Gasteiger partial charge is 0.412 e. The van der Waals surface area contributed by atoms with E-state index < -0.39 is 11.9 Å². The quantitative estimate of drug-likeness (QED) is 0.582. The lowest BCUT2D eigenvalue weighted by molar-refractivity contribution is 0.0996. The monoisotopic (exact) mass is 323 g/mol. The molecule has 0 bridgehead atoms. The first-order valence-corrected chi connectivity index (χ1v) is 7.55. The third-order valence-electron chi connectivity index (χ3n) is 3.30. The number of rotatable bonds is 3. The number of aromatic nitrogens is 3. The molecular formula is C16H9N3O3S. The van der Waals surface area contributed by atoms with Gasteiger partial charge in [-0.2, -0.15) is 0 Å². The molecule has 6 nitrogen and oxygen atoms in total. The van der Waals surface area contributed by atoms with Crippen molar-refractivity contribution in [3.63, 3.8) is 0 Å². The van der Waals surface area contributed by atoms with Gasteiger partial charge in [0.15, 0.2) is 5.01 Å². The molecule has 0 aliphatic rings. The minimum absolute atomic E-state index is 0.244. The van der Waals surface area contributed by atoms with Crippen LogP contribution in [0.2, 0.25) is 0 Å². The number of fused-ring (bicyclic) bond motifs is 1. The van der Waals surface area contributed by atoms with Crippen molar-refractivity contribution < 1.29 is 14.3 Å². The standard InChI is InChI=1S/C16H9N3O3S/c20-13(14-18-19-16(21)22-14)15-17-11-7-6-10(8-12(11)23-15)9-4-2-1-3-5-9/h1-8H,(H,19,21). The second-order valence-electron chi connectivity index (χ2n) is 4.79. The van der Waals surface area contributed by atoms with E-state index in [1.54, 1.807) is 0 Å². The van der Waals surface area contributed by atoms with E-state index in [9.17, 15) is 4.79 Å². The van der Waals surface area contributed by atoms with Gasteiger partial charge < -0.3 is 9.52 Å². The molecule has 4 aromatic rings. The average Bonchev–Trinajstić information content (AvgIpc) is 3.20. The van der Waals surface area contributed by atoms with Crippen molar-refractivity contribution in [1.82, 2.24) is 15.2 Å². The number of carbonyl (C=O) groups is 1. The third kappa shape index (κ3) is 2.47. The predicted molar refractivity (Wildman–Crippen MR) is 84.5 cm³/mol. The molecule has 0 saturated carbocycles. The highest BCUT2D eigenvalue weighted by atomic mass is 32.1. The molecule has 2 aromatic heterocycles. The number of ketones is 1. The molecule has 4 rings (SSSR count). The van der Waals surface area contributed by atoms with Crippen LogP contribution in [0.25, 0.3) is 21.3 Å². The number of benzene rings is 2. The van der Waals surface area contributed by atoms with Gasteiger partial charge in [0.2, 0.25) is 0 Å². The molecule has 0 amide bonds. The number of carbonyl (C=O) groups excluding carboxylic acids is 1. The fraction of sp³-hybridized carbons (Fsp3) is 0. The van der Waals surface area contributed by atoms with E-state index in [1.165, 1.54) is 11.3 Å². The van der Waals surface area contributed by atoms with Crippen molar-refractivity contribution in [1.29, 1.82) is 0 Å². The molecule has 112 valence electrons. The summed E-state index contributed by atoms with van der Waals surface area (Å²) in [6.45, 7) is 0. The molecule has 0 spiro atoms. The first-order valence-electron chi connectivity index (χ1n) is 6.74. The highest BCUT2D eigenvalue weighted by Crippen LogP contribution is 2.29. The van der Waals surface area contributed by atoms with Gasteiger partial charge in [0.1, 0.15) is 0 Å². The van der Waals surface area contributed by atoms with E-state index >= 15 is 0 Å². The molecule has 0 aliphatic carbocycles.